The molecule has 1 aromatic carbocycles. The number of hydrogen-bond acceptors (Lipinski definition) is 2. The highest BCUT2D eigenvalue weighted by molar-refractivity contribution is 5.73. The van der Waals surface area contributed by atoms with E-state index in [1.165, 1.54) is 5.56 Å². The topological polar surface area (TPSA) is 52.3 Å². The van der Waals surface area contributed by atoms with Gasteiger partial charge in [0.2, 0.25) is 5.91 Å². The molecule has 2 N–H and O–H groups in total. The highest BCUT2D eigenvalue weighted by Crippen LogP contribution is 2.09. The van der Waals surface area contributed by atoms with Crippen LogP contribution in [-0.2, 0) is 16.1 Å². The number of carbonyl (C=O) groups excluding carboxylic acids is 1. The van der Waals surface area contributed by atoms with E-state index in [1.807, 2.05) is 18.2 Å². The Balaban J connectivity index is 2.08. The molecule has 0 saturated carbocycles. The summed E-state index contributed by atoms with van der Waals surface area (Å²) in [6, 6.07) is 10.1. The summed E-state index contributed by atoms with van der Waals surface area (Å²) in [6.45, 7) is 3.51. The Labute approximate surface area is 103 Å². The van der Waals surface area contributed by atoms with Crippen LogP contribution in [0.4, 0.5) is 0 Å². The number of hydrogen-bond donors (Lipinski definition) is 1. The van der Waals surface area contributed by atoms with Crippen LogP contribution in [0, 0.1) is 5.92 Å². The molecule has 0 bridgehead atoms. The van der Waals surface area contributed by atoms with E-state index in [1.54, 1.807) is 0 Å². The van der Waals surface area contributed by atoms with Gasteiger partial charge in [-0.2, -0.15) is 0 Å². The van der Waals surface area contributed by atoms with Crippen LogP contribution in [0.3, 0.4) is 0 Å². The molecule has 17 heavy (non-hydrogen) atoms. The lowest BCUT2D eigenvalue weighted by Crippen LogP contribution is -2.12. The Hall–Kier alpha value is -1.35. The smallest absolute Gasteiger partial charge is 0.217 e. The minimum absolute atomic E-state index is 0.220. The van der Waals surface area contributed by atoms with E-state index in [4.69, 9.17) is 10.5 Å². The number of carbonyl (C=O) groups is 1. The number of amides is 1. The summed E-state index contributed by atoms with van der Waals surface area (Å²) in [4.78, 5) is 10.6. The highest BCUT2D eigenvalue weighted by Gasteiger charge is 2.03. The zero-order chi connectivity index (χ0) is 12.5. The van der Waals surface area contributed by atoms with Crippen molar-refractivity contribution in [3.8, 4) is 0 Å². The second-order valence-corrected chi connectivity index (χ2v) is 4.46. The maximum Gasteiger partial charge on any atom is 0.217 e. The van der Waals surface area contributed by atoms with Gasteiger partial charge >= 0.3 is 0 Å². The normalized spacial score (nSPS) is 12.3. The van der Waals surface area contributed by atoms with Crippen molar-refractivity contribution >= 4 is 5.91 Å². The Bertz CT molecular complexity index is 324. The molecule has 0 saturated heterocycles. The van der Waals surface area contributed by atoms with E-state index >= 15 is 0 Å². The lowest BCUT2D eigenvalue weighted by atomic mass is 10.1. The standard InChI is InChI=1S/C14H21NO2/c1-12(6-5-9-14(15)16)10-17-11-13-7-3-2-4-8-13/h2-4,7-8,12H,5-6,9-11H2,1H3,(H2,15,16). The number of ether oxygens (including phenoxy) is 1. The first-order chi connectivity index (χ1) is 8.18. The Kier molecular flexibility index (Phi) is 6.33. The monoisotopic (exact) mass is 235 g/mol. The minimum atomic E-state index is -0.220. The molecule has 1 unspecified atom stereocenters. The van der Waals surface area contributed by atoms with Gasteiger partial charge in [0.15, 0.2) is 0 Å². The molecule has 0 fully saturated rings. The Morgan fingerprint density at radius 2 is 2.06 bits per heavy atom. The fraction of sp³-hybridized carbons (Fsp3) is 0.500. The molecule has 0 radical (unpaired) electrons. The molecule has 0 aromatic heterocycles. The fourth-order valence-corrected chi connectivity index (χ4v) is 1.66. The van der Waals surface area contributed by atoms with Crippen molar-refractivity contribution in [2.24, 2.45) is 11.7 Å². The van der Waals surface area contributed by atoms with Crippen molar-refractivity contribution in [2.75, 3.05) is 6.61 Å². The first kappa shape index (κ1) is 13.7. The number of benzene rings is 1. The summed E-state index contributed by atoms with van der Waals surface area (Å²) in [6.07, 6.45) is 2.31. The van der Waals surface area contributed by atoms with E-state index in [-0.39, 0.29) is 5.91 Å². The summed E-state index contributed by atoms with van der Waals surface area (Å²) in [5.41, 5.74) is 6.28. The SMILES string of the molecule is CC(CCCC(N)=O)COCc1ccccc1. The van der Waals surface area contributed by atoms with Gasteiger partial charge in [0.05, 0.1) is 6.61 Å². The van der Waals surface area contributed by atoms with Crippen LogP contribution in [0.2, 0.25) is 0 Å². The van der Waals surface area contributed by atoms with Crippen LogP contribution in [0.1, 0.15) is 31.7 Å². The molecule has 0 spiro atoms. The van der Waals surface area contributed by atoms with Gasteiger partial charge in [-0.25, -0.2) is 0 Å². The molecular formula is C14H21NO2. The number of rotatable bonds is 8. The maximum absolute atomic E-state index is 10.6. The van der Waals surface area contributed by atoms with E-state index in [0.29, 0.717) is 18.9 Å². The van der Waals surface area contributed by atoms with Crippen molar-refractivity contribution in [3.05, 3.63) is 35.9 Å². The molecule has 3 heteroatoms. The summed E-state index contributed by atoms with van der Waals surface area (Å²) < 4.78 is 5.62. The lowest BCUT2D eigenvalue weighted by Gasteiger charge is -2.11. The number of primary amides is 1. The minimum Gasteiger partial charge on any atom is -0.376 e. The van der Waals surface area contributed by atoms with Gasteiger partial charge in [0.1, 0.15) is 0 Å². The van der Waals surface area contributed by atoms with Crippen LogP contribution < -0.4 is 5.73 Å². The van der Waals surface area contributed by atoms with Gasteiger partial charge in [0, 0.05) is 13.0 Å². The van der Waals surface area contributed by atoms with Crippen molar-refractivity contribution < 1.29 is 9.53 Å². The maximum atomic E-state index is 10.6. The summed E-state index contributed by atoms with van der Waals surface area (Å²) >= 11 is 0. The quantitative estimate of drug-likeness (QED) is 0.752. The summed E-state index contributed by atoms with van der Waals surface area (Å²) in [7, 11) is 0. The number of nitrogens with two attached hydrogens (primary N) is 1. The van der Waals surface area contributed by atoms with E-state index in [9.17, 15) is 4.79 Å². The summed E-state index contributed by atoms with van der Waals surface area (Å²) in [5.74, 6) is 0.250. The molecule has 1 amide bonds. The highest BCUT2D eigenvalue weighted by atomic mass is 16.5. The van der Waals surface area contributed by atoms with Gasteiger partial charge in [0.25, 0.3) is 0 Å². The molecule has 0 aliphatic rings. The molecule has 1 aromatic rings. The molecule has 94 valence electrons. The molecule has 0 aliphatic heterocycles. The third-order valence-corrected chi connectivity index (χ3v) is 2.63. The van der Waals surface area contributed by atoms with Crippen LogP contribution in [-0.4, -0.2) is 12.5 Å². The predicted molar refractivity (Wildman–Crippen MR) is 68.3 cm³/mol. The van der Waals surface area contributed by atoms with Gasteiger partial charge in [-0.05, 0) is 24.3 Å². The fourth-order valence-electron chi connectivity index (χ4n) is 1.66. The van der Waals surface area contributed by atoms with Crippen LogP contribution in [0.15, 0.2) is 30.3 Å². The molecule has 0 aliphatic carbocycles. The Morgan fingerprint density at radius 1 is 1.35 bits per heavy atom. The van der Waals surface area contributed by atoms with Gasteiger partial charge in [-0.1, -0.05) is 37.3 Å². The van der Waals surface area contributed by atoms with Crippen LogP contribution in [0.25, 0.3) is 0 Å². The van der Waals surface area contributed by atoms with Crippen molar-refractivity contribution in [3.63, 3.8) is 0 Å². The zero-order valence-corrected chi connectivity index (χ0v) is 10.4. The average Bonchev–Trinajstić information content (AvgIpc) is 2.30. The largest absolute Gasteiger partial charge is 0.376 e. The van der Waals surface area contributed by atoms with Crippen molar-refractivity contribution in [2.45, 2.75) is 32.8 Å². The zero-order valence-electron chi connectivity index (χ0n) is 10.4. The molecular weight excluding hydrogens is 214 g/mol. The molecule has 1 rings (SSSR count). The van der Waals surface area contributed by atoms with Crippen molar-refractivity contribution in [1.82, 2.24) is 0 Å². The average molecular weight is 235 g/mol. The van der Waals surface area contributed by atoms with Crippen LogP contribution in [0.5, 0.6) is 0 Å². The molecule has 3 nitrogen and oxygen atoms in total. The van der Waals surface area contributed by atoms with Crippen LogP contribution >= 0.6 is 0 Å². The van der Waals surface area contributed by atoms with Gasteiger partial charge < -0.3 is 10.5 Å². The third kappa shape index (κ3) is 6.74. The third-order valence-electron chi connectivity index (χ3n) is 2.63. The van der Waals surface area contributed by atoms with E-state index < -0.39 is 0 Å². The summed E-state index contributed by atoms with van der Waals surface area (Å²) in [5, 5.41) is 0. The first-order valence-corrected chi connectivity index (χ1v) is 6.08. The second-order valence-electron chi connectivity index (χ2n) is 4.46. The second kappa shape index (κ2) is 7.85. The van der Waals surface area contributed by atoms with Gasteiger partial charge in [-0.15, -0.1) is 0 Å². The molecule has 1 atom stereocenters. The first-order valence-electron chi connectivity index (χ1n) is 6.08. The van der Waals surface area contributed by atoms with Gasteiger partial charge in [-0.3, -0.25) is 4.79 Å². The van der Waals surface area contributed by atoms with E-state index in [0.717, 1.165) is 19.4 Å². The van der Waals surface area contributed by atoms with E-state index in [2.05, 4.69) is 19.1 Å². The van der Waals surface area contributed by atoms with Crippen molar-refractivity contribution in [1.29, 1.82) is 0 Å². The Morgan fingerprint density at radius 3 is 2.71 bits per heavy atom. The molecule has 0 heterocycles. The lowest BCUT2D eigenvalue weighted by molar-refractivity contribution is -0.118. The predicted octanol–water partition coefficient (Wildman–Crippen LogP) is 2.49.